The minimum Gasteiger partial charge on any atom is -0.381 e. The van der Waals surface area contributed by atoms with Crippen LogP contribution in [0.5, 0.6) is 0 Å². The van der Waals surface area contributed by atoms with Gasteiger partial charge in [-0.15, -0.1) is 0 Å². The Morgan fingerprint density at radius 2 is 2.24 bits per heavy atom. The lowest BCUT2D eigenvalue weighted by molar-refractivity contribution is 0.425. The van der Waals surface area contributed by atoms with Crippen molar-refractivity contribution in [3.8, 4) is 0 Å². The van der Waals surface area contributed by atoms with Crippen molar-refractivity contribution in [2.75, 3.05) is 32.5 Å². The molecule has 1 heterocycles. The van der Waals surface area contributed by atoms with E-state index in [1.807, 2.05) is 21.0 Å². The number of aromatic nitrogens is 2. The molecule has 0 unspecified atom stereocenters. The molecule has 5 nitrogen and oxygen atoms in total. The van der Waals surface area contributed by atoms with Crippen LogP contribution in [0.4, 0.5) is 5.69 Å². The first-order valence-corrected chi connectivity index (χ1v) is 6.49. The number of hydrogen-bond donors (Lipinski definition) is 1. The van der Waals surface area contributed by atoms with E-state index >= 15 is 0 Å². The van der Waals surface area contributed by atoms with Crippen LogP contribution in [0.1, 0.15) is 13.3 Å². The van der Waals surface area contributed by atoms with Crippen LogP contribution in [0.3, 0.4) is 0 Å². The molecule has 1 aromatic heterocycles. The molecule has 1 aromatic rings. The van der Waals surface area contributed by atoms with E-state index < -0.39 is 0 Å². The average molecular weight is 303 g/mol. The molecule has 0 fully saturated rings. The first-order chi connectivity index (χ1) is 8.06. The Kier molecular flexibility index (Phi) is 5.64. The maximum Gasteiger partial charge on any atom is 0.283 e. The van der Waals surface area contributed by atoms with Crippen molar-refractivity contribution in [1.82, 2.24) is 14.7 Å². The van der Waals surface area contributed by atoms with Crippen LogP contribution in [0, 0.1) is 0 Å². The normalized spacial score (nSPS) is 10.9. The lowest BCUT2D eigenvalue weighted by Gasteiger charge is -2.12. The second kappa shape index (κ2) is 6.76. The van der Waals surface area contributed by atoms with Crippen LogP contribution >= 0.6 is 15.9 Å². The van der Waals surface area contributed by atoms with E-state index in [0.717, 1.165) is 25.2 Å². The third kappa shape index (κ3) is 4.12. The van der Waals surface area contributed by atoms with Crippen molar-refractivity contribution in [3.05, 3.63) is 21.0 Å². The maximum absolute atomic E-state index is 11.9. The third-order valence-electron chi connectivity index (χ3n) is 2.29. The van der Waals surface area contributed by atoms with E-state index in [0.29, 0.717) is 11.0 Å². The molecule has 0 aliphatic carbocycles. The van der Waals surface area contributed by atoms with Crippen molar-refractivity contribution in [2.45, 2.75) is 19.9 Å². The molecule has 0 aliphatic rings. The Morgan fingerprint density at radius 3 is 2.82 bits per heavy atom. The molecule has 1 N–H and O–H groups in total. The highest BCUT2D eigenvalue weighted by molar-refractivity contribution is 9.10. The number of hydrogen-bond acceptors (Lipinski definition) is 4. The number of nitrogens with zero attached hydrogens (tertiary/aromatic N) is 3. The number of aryl methyl sites for hydroxylation is 1. The number of likely N-dealkylation sites (N-methyl/N-ethyl adjacent to an activating group) is 1. The summed E-state index contributed by atoms with van der Waals surface area (Å²) in [4.78, 5) is 14.0. The lowest BCUT2D eigenvalue weighted by atomic mass is 10.4. The standard InChI is InChI=1S/C11H19BrN4O/c1-4-6-16-11(17)10(12)9(8-14-16)13-5-7-15(2)3/h8,13H,4-7H2,1-3H3. The smallest absolute Gasteiger partial charge is 0.283 e. The van der Waals surface area contributed by atoms with Crippen LogP contribution in [-0.4, -0.2) is 41.9 Å². The van der Waals surface area contributed by atoms with Gasteiger partial charge in [0.1, 0.15) is 4.47 Å². The Bertz CT molecular complexity index is 416. The monoisotopic (exact) mass is 302 g/mol. The van der Waals surface area contributed by atoms with Gasteiger partial charge in [-0.3, -0.25) is 4.79 Å². The maximum atomic E-state index is 11.9. The summed E-state index contributed by atoms with van der Waals surface area (Å²) in [6.45, 7) is 4.36. The molecule has 0 atom stereocenters. The number of halogens is 1. The van der Waals surface area contributed by atoms with Crippen LogP contribution in [0.2, 0.25) is 0 Å². The van der Waals surface area contributed by atoms with Crippen LogP contribution < -0.4 is 10.9 Å². The topological polar surface area (TPSA) is 50.2 Å². The van der Waals surface area contributed by atoms with Crippen molar-refractivity contribution < 1.29 is 0 Å². The molecular weight excluding hydrogens is 284 g/mol. The summed E-state index contributed by atoms with van der Waals surface area (Å²) in [5.74, 6) is 0. The zero-order valence-corrected chi connectivity index (χ0v) is 12.1. The van der Waals surface area contributed by atoms with Gasteiger partial charge < -0.3 is 10.2 Å². The highest BCUT2D eigenvalue weighted by Gasteiger charge is 2.07. The first kappa shape index (κ1) is 14.2. The fourth-order valence-corrected chi connectivity index (χ4v) is 1.82. The van der Waals surface area contributed by atoms with Gasteiger partial charge in [-0.2, -0.15) is 5.10 Å². The molecule has 1 rings (SSSR count). The molecule has 17 heavy (non-hydrogen) atoms. The van der Waals surface area contributed by atoms with Crippen LogP contribution in [0.15, 0.2) is 15.5 Å². The molecule has 0 bridgehead atoms. The predicted octanol–water partition coefficient (Wildman–Crippen LogP) is 1.39. The Morgan fingerprint density at radius 1 is 1.53 bits per heavy atom. The SMILES string of the molecule is CCCn1ncc(NCCN(C)C)c(Br)c1=O. The Balaban J connectivity index is 2.75. The first-order valence-electron chi connectivity index (χ1n) is 5.70. The third-order valence-corrected chi connectivity index (χ3v) is 3.06. The molecular formula is C11H19BrN4O. The minimum atomic E-state index is -0.0818. The average Bonchev–Trinajstić information content (AvgIpc) is 2.28. The number of anilines is 1. The fraction of sp³-hybridized carbons (Fsp3) is 0.636. The van der Waals surface area contributed by atoms with Gasteiger partial charge in [0.05, 0.1) is 11.9 Å². The second-order valence-electron chi connectivity index (χ2n) is 4.13. The second-order valence-corrected chi connectivity index (χ2v) is 4.92. The van der Waals surface area contributed by atoms with Crippen molar-refractivity contribution in [2.24, 2.45) is 0 Å². The van der Waals surface area contributed by atoms with Gasteiger partial charge >= 0.3 is 0 Å². The molecule has 0 amide bonds. The van der Waals surface area contributed by atoms with Gasteiger partial charge in [-0.25, -0.2) is 4.68 Å². The van der Waals surface area contributed by atoms with Gasteiger partial charge in [0.2, 0.25) is 0 Å². The predicted molar refractivity (Wildman–Crippen MR) is 73.5 cm³/mol. The van der Waals surface area contributed by atoms with E-state index in [9.17, 15) is 4.79 Å². The molecule has 96 valence electrons. The molecule has 0 radical (unpaired) electrons. The largest absolute Gasteiger partial charge is 0.381 e. The molecule has 0 saturated heterocycles. The summed E-state index contributed by atoms with van der Waals surface area (Å²) in [5.41, 5.74) is 0.672. The molecule has 0 aromatic carbocycles. The molecule has 0 spiro atoms. The molecule has 6 heteroatoms. The van der Waals surface area contributed by atoms with Gasteiger partial charge in [-0.05, 0) is 36.4 Å². The van der Waals surface area contributed by atoms with Crippen molar-refractivity contribution in [3.63, 3.8) is 0 Å². The molecule has 0 saturated carbocycles. The van der Waals surface area contributed by atoms with E-state index in [1.165, 1.54) is 4.68 Å². The quantitative estimate of drug-likeness (QED) is 0.863. The van der Waals surface area contributed by atoms with Crippen LogP contribution in [-0.2, 0) is 6.54 Å². The van der Waals surface area contributed by atoms with E-state index in [-0.39, 0.29) is 5.56 Å². The van der Waals surface area contributed by atoms with E-state index in [2.05, 4.69) is 31.2 Å². The highest BCUT2D eigenvalue weighted by atomic mass is 79.9. The summed E-state index contributed by atoms with van der Waals surface area (Å²) in [5, 5.41) is 7.31. The van der Waals surface area contributed by atoms with Crippen molar-refractivity contribution in [1.29, 1.82) is 0 Å². The highest BCUT2D eigenvalue weighted by Crippen LogP contribution is 2.15. The van der Waals surface area contributed by atoms with Gasteiger partial charge in [-0.1, -0.05) is 6.92 Å². The summed E-state index contributed by atoms with van der Waals surface area (Å²) in [6.07, 6.45) is 2.59. The van der Waals surface area contributed by atoms with Gasteiger partial charge in [0.15, 0.2) is 0 Å². The zero-order chi connectivity index (χ0) is 12.8. The van der Waals surface area contributed by atoms with Crippen molar-refractivity contribution >= 4 is 21.6 Å². The number of rotatable bonds is 6. The van der Waals surface area contributed by atoms with Gasteiger partial charge in [0.25, 0.3) is 5.56 Å². The van der Waals surface area contributed by atoms with E-state index in [1.54, 1.807) is 6.20 Å². The molecule has 0 aliphatic heterocycles. The van der Waals surface area contributed by atoms with Crippen LogP contribution in [0.25, 0.3) is 0 Å². The minimum absolute atomic E-state index is 0.0818. The number of nitrogens with one attached hydrogen (secondary N) is 1. The van der Waals surface area contributed by atoms with E-state index in [4.69, 9.17) is 0 Å². The summed E-state index contributed by atoms with van der Waals surface area (Å²) in [7, 11) is 4.02. The zero-order valence-electron chi connectivity index (χ0n) is 10.5. The Hall–Kier alpha value is -0.880. The fourth-order valence-electron chi connectivity index (χ4n) is 1.37. The van der Waals surface area contributed by atoms with Gasteiger partial charge in [0, 0.05) is 19.6 Å². The summed E-state index contributed by atoms with van der Waals surface area (Å²) < 4.78 is 2.03. The summed E-state index contributed by atoms with van der Waals surface area (Å²) >= 11 is 3.32. The summed E-state index contributed by atoms with van der Waals surface area (Å²) in [6, 6.07) is 0. The lowest BCUT2D eigenvalue weighted by Crippen LogP contribution is -2.26. The Labute approximate surface area is 110 Å².